The van der Waals surface area contributed by atoms with Gasteiger partial charge in [-0.15, -0.1) is 0 Å². The summed E-state index contributed by atoms with van der Waals surface area (Å²) in [5.41, 5.74) is 5.66. The second-order valence-electron chi connectivity index (χ2n) is 3.42. The Morgan fingerprint density at radius 1 is 1.59 bits per heavy atom. The molecule has 0 saturated carbocycles. The summed E-state index contributed by atoms with van der Waals surface area (Å²) in [7, 11) is 0. The molecule has 0 bridgehead atoms. The van der Waals surface area contributed by atoms with Crippen LogP contribution in [0.15, 0.2) is 22.8 Å². The highest BCUT2D eigenvalue weighted by Gasteiger charge is 2.33. The van der Waals surface area contributed by atoms with Gasteiger partial charge in [0.2, 0.25) is 0 Å². The average Bonchev–Trinajstić information content (AvgIpc) is 2.76. The fraction of sp³-hybridized carbons (Fsp3) is 0.222. The normalized spacial score (nSPS) is 23.8. The van der Waals surface area contributed by atoms with E-state index in [-0.39, 0.29) is 10.9 Å². The molecule has 5 N–H and O–H groups in total. The van der Waals surface area contributed by atoms with Gasteiger partial charge in [0.25, 0.3) is 11.8 Å². The van der Waals surface area contributed by atoms with Gasteiger partial charge in [-0.05, 0) is 24.4 Å². The molecule has 2 heterocycles. The van der Waals surface area contributed by atoms with Crippen molar-refractivity contribution in [1.82, 2.24) is 16.0 Å². The average molecular weight is 254 g/mol. The Balaban J connectivity index is 2.05. The van der Waals surface area contributed by atoms with Crippen LogP contribution >= 0.6 is 12.2 Å². The lowest BCUT2D eigenvalue weighted by Crippen LogP contribution is -2.69. The predicted octanol–water partition coefficient (Wildman–Crippen LogP) is -1.33. The maximum absolute atomic E-state index is 11.6. The highest BCUT2D eigenvalue weighted by atomic mass is 32.1. The maximum Gasteiger partial charge on any atom is 0.287 e. The van der Waals surface area contributed by atoms with Crippen molar-refractivity contribution in [3.63, 3.8) is 0 Å². The van der Waals surface area contributed by atoms with Crippen molar-refractivity contribution in [2.75, 3.05) is 0 Å². The fourth-order valence-electron chi connectivity index (χ4n) is 1.40. The number of hydrogen-bond acceptors (Lipinski definition) is 5. The van der Waals surface area contributed by atoms with Crippen LogP contribution in [0, 0.1) is 0 Å². The lowest BCUT2D eigenvalue weighted by atomic mass is 10.2. The summed E-state index contributed by atoms with van der Waals surface area (Å²) >= 11 is 4.75. The fourth-order valence-corrected chi connectivity index (χ4v) is 1.64. The molecule has 1 aliphatic rings. The van der Waals surface area contributed by atoms with Crippen molar-refractivity contribution < 1.29 is 14.0 Å². The molecule has 7 nitrogen and oxygen atoms in total. The number of amides is 2. The van der Waals surface area contributed by atoms with Gasteiger partial charge in [-0.25, -0.2) is 0 Å². The first kappa shape index (κ1) is 11.6. The molecule has 0 aliphatic carbocycles. The first-order chi connectivity index (χ1) is 8.08. The lowest BCUT2D eigenvalue weighted by molar-refractivity contribution is -0.122. The molecule has 2 amide bonds. The van der Waals surface area contributed by atoms with E-state index < -0.39 is 24.0 Å². The van der Waals surface area contributed by atoms with E-state index in [9.17, 15) is 9.59 Å². The first-order valence-corrected chi connectivity index (χ1v) is 5.20. The molecule has 1 aromatic rings. The van der Waals surface area contributed by atoms with Crippen LogP contribution in [-0.2, 0) is 4.79 Å². The van der Waals surface area contributed by atoms with Crippen molar-refractivity contribution in [2.45, 2.75) is 12.2 Å². The molecule has 90 valence electrons. The first-order valence-electron chi connectivity index (χ1n) is 4.79. The highest BCUT2D eigenvalue weighted by molar-refractivity contribution is 7.80. The molecule has 1 fully saturated rings. The van der Waals surface area contributed by atoms with E-state index in [4.69, 9.17) is 22.4 Å². The molecule has 1 saturated heterocycles. The van der Waals surface area contributed by atoms with Crippen LogP contribution in [0.25, 0.3) is 0 Å². The van der Waals surface area contributed by atoms with E-state index in [1.165, 1.54) is 12.3 Å². The smallest absolute Gasteiger partial charge is 0.287 e. The highest BCUT2D eigenvalue weighted by Crippen LogP contribution is 2.02. The summed E-state index contributed by atoms with van der Waals surface area (Å²) in [5, 5.41) is 7.60. The Hall–Kier alpha value is -1.93. The monoisotopic (exact) mass is 254 g/mol. The molecule has 2 atom stereocenters. The molecule has 17 heavy (non-hydrogen) atoms. The minimum atomic E-state index is -0.903. The summed E-state index contributed by atoms with van der Waals surface area (Å²) in [6, 6.07) is 2.15. The van der Waals surface area contributed by atoms with Gasteiger partial charge < -0.3 is 26.1 Å². The Morgan fingerprint density at radius 3 is 2.94 bits per heavy atom. The number of carbonyl (C=O) groups excluding carboxylic acids is 2. The number of thiocarbonyl (C=S) groups is 1. The summed E-state index contributed by atoms with van der Waals surface area (Å²) < 4.78 is 4.90. The maximum atomic E-state index is 11.6. The van der Waals surface area contributed by atoms with Gasteiger partial charge in [0.05, 0.1) is 6.26 Å². The third kappa shape index (κ3) is 2.43. The number of carbonyl (C=O) groups is 2. The molecular formula is C9H10N4O3S. The van der Waals surface area contributed by atoms with E-state index in [2.05, 4.69) is 16.0 Å². The molecular weight excluding hydrogens is 244 g/mol. The van der Waals surface area contributed by atoms with E-state index in [1.807, 2.05) is 0 Å². The van der Waals surface area contributed by atoms with Gasteiger partial charge in [0.15, 0.2) is 10.9 Å². The van der Waals surface area contributed by atoms with E-state index in [0.29, 0.717) is 0 Å². The minimum absolute atomic E-state index is 0.109. The van der Waals surface area contributed by atoms with Gasteiger partial charge >= 0.3 is 0 Å². The van der Waals surface area contributed by atoms with E-state index >= 15 is 0 Å². The zero-order valence-electron chi connectivity index (χ0n) is 8.60. The van der Waals surface area contributed by atoms with Gasteiger partial charge in [-0.2, -0.15) is 0 Å². The Kier molecular flexibility index (Phi) is 3.07. The molecule has 1 aliphatic heterocycles. The van der Waals surface area contributed by atoms with Crippen LogP contribution in [0.4, 0.5) is 0 Å². The number of nitrogens with one attached hydrogen (secondary N) is 3. The molecule has 0 aromatic carbocycles. The Bertz CT molecular complexity index is 459. The van der Waals surface area contributed by atoms with Crippen molar-refractivity contribution in [2.24, 2.45) is 5.73 Å². The molecule has 0 radical (unpaired) electrons. The van der Waals surface area contributed by atoms with Gasteiger partial charge in [0.1, 0.15) is 12.2 Å². The standard InChI is InChI=1S/C9H10N4O3S/c10-6-5(8(15)13-9(17)12-6)11-7(14)4-2-1-3-16-4/h1-3,5-6H,10H2,(H,11,14)(H2,12,13,15,17). The Labute approximate surface area is 102 Å². The van der Waals surface area contributed by atoms with Crippen LogP contribution in [0.5, 0.6) is 0 Å². The molecule has 0 spiro atoms. The van der Waals surface area contributed by atoms with Crippen LogP contribution in [0.3, 0.4) is 0 Å². The van der Waals surface area contributed by atoms with Crippen LogP contribution in [0.1, 0.15) is 10.6 Å². The molecule has 2 rings (SSSR count). The second kappa shape index (κ2) is 4.52. The summed E-state index contributed by atoms with van der Waals surface area (Å²) in [4.78, 5) is 23.2. The second-order valence-corrected chi connectivity index (χ2v) is 3.83. The van der Waals surface area contributed by atoms with E-state index in [1.54, 1.807) is 6.07 Å². The Morgan fingerprint density at radius 2 is 2.35 bits per heavy atom. The van der Waals surface area contributed by atoms with Crippen molar-refractivity contribution in [1.29, 1.82) is 0 Å². The van der Waals surface area contributed by atoms with Crippen molar-refractivity contribution >= 4 is 29.1 Å². The third-order valence-corrected chi connectivity index (χ3v) is 2.43. The van der Waals surface area contributed by atoms with Crippen LogP contribution in [-0.4, -0.2) is 29.1 Å². The van der Waals surface area contributed by atoms with E-state index in [0.717, 1.165) is 0 Å². The van der Waals surface area contributed by atoms with Gasteiger partial charge in [0, 0.05) is 0 Å². The lowest BCUT2D eigenvalue weighted by Gasteiger charge is -2.30. The number of furan rings is 1. The zero-order chi connectivity index (χ0) is 12.4. The molecule has 2 unspecified atom stereocenters. The van der Waals surface area contributed by atoms with Crippen LogP contribution in [0.2, 0.25) is 0 Å². The third-order valence-electron chi connectivity index (χ3n) is 2.21. The summed E-state index contributed by atoms with van der Waals surface area (Å²) in [6.45, 7) is 0. The summed E-state index contributed by atoms with van der Waals surface area (Å²) in [5.74, 6) is -0.862. The molecule has 1 aromatic heterocycles. The number of hydrogen-bond donors (Lipinski definition) is 4. The topological polar surface area (TPSA) is 109 Å². The van der Waals surface area contributed by atoms with Crippen LogP contribution < -0.4 is 21.7 Å². The van der Waals surface area contributed by atoms with Crippen molar-refractivity contribution in [3.05, 3.63) is 24.2 Å². The number of rotatable bonds is 2. The van der Waals surface area contributed by atoms with Crippen molar-refractivity contribution in [3.8, 4) is 0 Å². The minimum Gasteiger partial charge on any atom is -0.459 e. The quantitative estimate of drug-likeness (QED) is 0.487. The summed E-state index contributed by atoms with van der Waals surface area (Å²) in [6.07, 6.45) is 0.596. The van der Waals surface area contributed by atoms with Gasteiger partial charge in [-0.3, -0.25) is 9.59 Å². The molecule has 8 heteroatoms. The SMILES string of the molecule is NC1NC(=S)NC(=O)C1NC(=O)c1ccco1. The van der Waals surface area contributed by atoms with Gasteiger partial charge in [-0.1, -0.05) is 0 Å². The largest absolute Gasteiger partial charge is 0.459 e. The zero-order valence-corrected chi connectivity index (χ0v) is 9.41. The predicted molar refractivity (Wildman–Crippen MR) is 61.8 cm³/mol. The number of nitrogens with two attached hydrogens (primary N) is 1.